The average Bonchev–Trinajstić information content (AvgIpc) is 1.85. The lowest BCUT2D eigenvalue weighted by Crippen LogP contribution is -2.19. The van der Waals surface area contributed by atoms with Gasteiger partial charge in [0.2, 0.25) is 0 Å². The predicted molar refractivity (Wildman–Crippen MR) is 47.5 cm³/mol. The van der Waals surface area contributed by atoms with Crippen LogP contribution in [0.5, 0.6) is 0 Å². The Labute approximate surface area is 71.0 Å². The molecular weight excluding hydrogens is 158 g/mol. The molecule has 0 saturated carbocycles. The quantitative estimate of drug-likeness (QED) is 0.354. The molecule has 0 aromatic rings. The van der Waals surface area contributed by atoms with Gasteiger partial charge >= 0.3 is 5.97 Å². The van der Waals surface area contributed by atoms with Gasteiger partial charge in [-0.3, -0.25) is 4.99 Å². The van der Waals surface area contributed by atoms with Gasteiger partial charge in [-0.2, -0.15) is 5.10 Å². The van der Waals surface area contributed by atoms with Crippen molar-refractivity contribution in [3.63, 3.8) is 0 Å². The van der Waals surface area contributed by atoms with E-state index in [0.29, 0.717) is 0 Å². The van der Waals surface area contributed by atoms with Crippen molar-refractivity contribution in [1.29, 1.82) is 0 Å². The van der Waals surface area contributed by atoms with Gasteiger partial charge in [0.05, 0.1) is 11.8 Å². The molecule has 0 unspecified atom stereocenters. The second-order valence-corrected chi connectivity index (χ2v) is 3.25. The van der Waals surface area contributed by atoms with Crippen molar-refractivity contribution in [3.05, 3.63) is 0 Å². The molecule has 5 nitrogen and oxygen atoms in total. The molecule has 0 atom stereocenters. The summed E-state index contributed by atoms with van der Waals surface area (Å²) < 4.78 is 0. The molecule has 0 fully saturated rings. The van der Waals surface area contributed by atoms with E-state index < -0.39 is 5.97 Å². The van der Waals surface area contributed by atoms with Gasteiger partial charge in [0, 0.05) is 0 Å². The number of aliphatic carboxylic acids is 1. The number of hydrazone groups is 1. The van der Waals surface area contributed by atoms with Gasteiger partial charge in [0.15, 0.2) is 5.71 Å². The van der Waals surface area contributed by atoms with Gasteiger partial charge in [-0.25, -0.2) is 4.79 Å². The van der Waals surface area contributed by atoms with Gasteiger partial charge in [0.25, 0.3) is 0 Å². The summed E-state index contributed by atoms with van der Waals surface area (Å²) in [6.07, 6.45) is 1.16. The zero-order valence-electron chi connectivity index (χ0n) is 7.40. The van der Waals surface area contributed by atoms with Crippen molar-refractivity contribution >= 4 is 17.9 Å². The summed E-state index contributed by atoms with van der Waals surface area (Å²) in [6, 6.07) is 0. The third-order valence-corrected chi connectivity index (χ3v) is 0.932. The molecule has 12 heavy (non-hydrogen) atoms. The number of carbonyl (C=O) groups is 1. The molecule has 0 aliphatic carbocycles. The van der Waals surface area contributed by atoms with Crippen LogP contribution in [0.4, 0.5) is 0 Å². The van der Waals surface area contributed by atoms with Gasteiger partial charge in [-0.15, -0.1) is 0 Å². The normalized spacial score (nSPS) is 13.8. The van der Waals surface area contributed by atoms with Crippen LogP contribution in [0.15, 0.2) is 10.1 Å². The number of hydrogen-bond donors (Lipinski definition) is 2. The molecule has 3 N–H and O–H groups in total. The first kappa shape index (κ1) is 10.6. The largest absolute Gasteiger partial charge is 0.476 e. The first-order valence-electron chi connectivity index (χ1n) is 3.43. The van der Waals surface area contributed by atoms with Crippen molar-refractivity contribution < 1.29 is 9.90 Å². The summed E-state index contributed by atoms with van der Waals surface area (Å²) in [5, 5.41) is 11.5. The Balaban J connectivity index is 4.44. The summed E-state index contributed by atoms with van der Waals surface area (Å²) in [7, 11) is 0. The lowest BCUT2D eigenvalue weighted by molar-refractivity contribution is -0.129. The fourth-order valence-corrected chi connectivity index (χ4v) is 0.399. The third kappa shape index (κ3) is 4.43. The molecule has 68 valence electrons. The third-order valence-electron chi connectivity index (χ3n) is 0.932. The SMILES string of the molecule is CC(C)(C)N=C/C(=N\N)C(=O)O. The first-order chi connectivity index (χ1) is 5.37. The molecular formula is C7H13N3O2. The molecule has 0 rings (SSSR count). The van der Waals surface area contributed by atoms with E-state index in [1.54, 1.807) is 0 Å². The predicted octanol–water partition coefficient (Wildman–Crippen LogP) is 0.255. The maximum absolute atomic E-state index is 10.3. The van der Waals surface area contributed by atoms with Crippen molar-refractivity contribution in [3.8, 4) is 0 Å². The van der Waals surface area contributed by atoms with Gasteiger partial charge < -0.3 is 10.9 Å². The Morgan fingerprint density at radius 2 is 2.00 bits per heavy atom. The van der Waals surface area contributed by atoms with Crippen LogP contribution in [0.25, 0.3) is 0 Å². The van der Waals surface area contributed by atoms with E-state index in [1.165, 1.54) is 0 Å². The topological polar surface area (TPSA) is 88.0 Å². The van der Waals surface area contributed by atoms with E-state index in [2.05, 4.69) is 10.1 Å². The summed E-state index contributed by atoms with van der Waals surface area (Å²) in [4.78, 5) is 14.3. The fourth-order valence-electron chi connectivity index (χ4n) is 0.399. The van der Waals surface area contributed by atoms with Crippen LogP contribution < -0.4 is 5.84 Å². The number of carboxylic acids is 1. The number of hydrogen-bond acceptors (Lipinski definition) is 4. The molecule has 0 spiro atoms. The minimum atomic E-state index is -1.18. The molecule has 0 amide bonds. The number of carboxylic acid groups (broad SMARTS) is 1. The maximum Gasteiger partial charge on any atom is 0.357 e. The highest BCUT2D eigenvalue weighted by molar-refractivity contribution is 6.58. The highest BCUT2D eigenvalue weighted by Gasteiger charge is 2.09. The lowest BCUT2D eigenvalue weighted by Gasteiger charge is -2.10. The Kier molecular flexibility index (Phi) is 3.40. The van der Waals surface area contributed by atoms with E-state index in [4.69, 9.17) is 10.9 Å². The van der Waals surface area contributed by atoms with E-state index in [-0.39, 0.29) is 11.3 Å². The zero-order valence-corrected chi connectivity index (χ0v) is 7.40. The highest BCUT2D eigenvalue weighted by Crippen LogP contribution is 2.04. The molecule has 0 saturated heterocycles. The molecule has 0 bridgehead atoms. The highest BCUT2D eigenvalue weighted by atomic mass is 16.4. The average molecular weight is 171 g/mol. The van der Waals surface area contributed by atoms with Crippen LogP contribution in [0.1, 0.15) is 20.8 Å². The van der Waals surface area contributed by atoms with Crippen LogP contribution in [0, 0.1) is 0 Å². The summed E-state index contributed by atoms with van der Waals surface area (Å²) in [6.45, 7) is 5.54. The van der Waals surface area contributed by atoms with Gasteiger partial charge in [0.1, 0.15) is 0 Å². The second-order valence-electron chi connectivity index (χ2n) is 3.25. The van der Waals surface area contributed by atoms with Crippen molar-refractivity contribution in [2.24, 2.45) is 15.9 Å². The fraction of sp³-hybridized carbons (Fsp3) is 0.571. The Morgan fingerprint density at radius 1 is 1.50 bits per heavy atom. The van der Waals surface area contributed by atoms with E-state index in [1.807, 2.05) is 20.8 Å². The van der Waals surface area contributed by atoms with Crippen LogP contribution in [-0.4, -0.2) is 28.5 Å². The van der Waals surface area contributed by atoms with Crippen LogP contribution in [-0.2, 0) is 4.79 Å². The van der Waals surface area contributed by atoms with Gasteiger partial charge in [-0.1, -0.05) is 0 Å². The summed E-state index contributed by atoms with van der Waals surface area (Å²) in [5.74, 6) is 3.64. The monoisotopic (exact) mass is 171 g/mol. The first-order valence-corrected chi connectivity index (χ1v) is 3.43. The molecule has 0 aliphatic rings. The van der Waals surface area contributed by atoms with E-state index in [9.17, 15) is 4.79 Å². The Bertz CT molecular complexity index is 225. The molecule has 0 heterocycles. The molecule has 5 heteroatoms. The number of nitrogens with two attached hydrogens (primary N) is 1. The Morgan fingerprint density at radius 3 is 2.25 bits per heavy atom. The van der Waals surface area contributed by atoms with E-state index in [0.717, 1.165) is 6.21 Å². The zero-order chi connectivity index (χ0) is 9.78. The van der Waals surface area contributed by atoms with Gasteiger partial charge in [-0.05, 0) is 20.8 Å². The minimum Gasteiger partial charge on any atom is -0.476 e. The van der Waals surface area contributed by atoms with Crippen LogP contribution in [0.3, 0.4) is 0 Å². The van der Waals surface area contributed by atoms with Crippen molar-refractivity contribution in [1.82, 2.24) is 0 Å². The summed E-state index contributed by atoms with van der Waals surface area (Å²) in [5.41, 5.74) is -0.560. The standard InChI is InChI=1S/C7H13N3O2/c1-7(2,3)9-4-5(10-8)6(11)12/h4H,8H2,1-3H3,(H,11,12)/b9-4?,10-5+. The number of aliphatic imine (C=N–C) groups is 1. The summed E-state index contributed by atoms with van der Waals surface area (Å²) >= 11 is 0. The molecule has 0 aromatic carbocycles. The van der Waals surface area contributed by atoms with Crippen LogP contribution in [0.2, 0.25) is 0 Å². The maximum atomic E-state index is 10.3. The molecule has 0 aromatic heterocycles. The second kappa shape index (κ2) is 3.85. The minimum absolute atomic E-state index is 0.245. The smallest absolute Gasteiger partial charge is 0.357 e. The van der Waals surface area contributed by atoms with Crippen LogP contribution >= 0.6 is 0 Å². The molecule has 0 radical (unpaired) electrons. The number of rotatable bonds is 2. The van der Waals surface area contributed by atoms with Crippen molar-refractivity contribution in [2.75, 3.05) is 0 Å². The van der Waals surface area contributed by atoms with E-state index >= 15 is 0 Å². The number of nitrogens with zero attached hydrogens (tertiary/aromatic N) is 2. The Hall–Kier alpha value is -1.39. The van der Waals surface area contributed by atoms with Crippen molar-refractivity contribution in [2.45, 2.75) is 26.3 Å². The molecule has 0 aliphatic heterocycles. The lowest BCUT2D eigenvalue weighted by atomic mass is 10.1.